The van der Waals surface area contributed by atoms with Gasteiger partial charge in [0, 0.05) is 30.8 Å². The van der Waals surface area contributed by atoms with Crippen LogP contribution < -0.4 is 16.0 Å². The van der Waals surface area contributed by atoms with Crippen LogP contribution in [0.1, 0.15) is 52.1 Å². The summed E-state index contributed by atoms with van der Waals surface area (Å²) in [5, 5.41) is 7.96. The first-order valence-electron chi connectivity index (χ1n) is 11.6. The van der Waals surface area contributed by atoms with Crippen molar-refractivity contribution in [3.8, 4) is 0 Å². The van der Waals surface area contributed by atoms with E-state index >= 15 is 0 Å². The molecule has 1 unspecified atom stereocenters. The minimum absolute atomic E-state index is 0.169. The number of pyridine rings is 1. The molecule has 2 heterocycles. The minimum atomic E-state index is -0.767. The van der Waals surface area contributed by atoms with E-state index in [4.69, 9.17) is 0 Å². The number of imide groups is 1. The van der Waals surface area contributed by atoms with Gasteiger partial charge in [-0.1, -0.05) is 27.2 Å². The quantitative estimate of drug-likeness (QED) is 0.293. The monoisotopic (exact) mass is 471 g/mol. The van der Waals surface area contributed by atoms with E-state index in [0.717, 1.165) is 12.1 Å². The van der Waals surface area contributed by atoms with Gasteiger partial charge in [-0.2, -0.15) is 0 Å². The molecular formula is C24H33N5O5. The Morgan fingerprint density at radius 3 is 2.29 bits per heavy atom. The van der Waals surface area contributed by atoms with Crippen molar-refractivity contribution in [3.05, 3.63) is 36.2 Å². The Labute approximate surface area is 199 Å². The topological polar surface area (TPSA) is 138 Å². The van der Waals surface area contributed by atoms with Crippen LogP contribution in [-0.4, -0.2) is 58.6 Å². The third-order valence-corrected chi connectivity index (χ3v) is 5.35. The number of nitrogens with one attached hydrogen (secondary N) is 3. The van der Waals surface area contributed by atoms with Crippen molar-refractivity contribution < 1.29 is 24.0 Å². The zero-order chi connectivity index (χ0) is 25.1. The molecule has 184 valence electrons. The highest BCUT2D eigenvalue weighted by atomic mass is 16.2. The average molecular weight is 472 g/mol. The van der Waals surface area contributed by atoms with Crippen LogP contribution in [0.25, 0.3) is 0 Å². The summed E-state index contributed by atoms with van der Waals surface area (Å²) in [6.07, 6.45) is 6.91. The van der Waals surface area contributed by atoms with E-state index in [9.17, 15) is 24.0 Å². The molecule has 1 aliphatic rings. The molecule has 10 nitrogen and oxygen atoms in total. The van der Waals surface area contributed by atoms with Gasteiger partial charge >= 0.3 is 0 Å². The molecule has 2 rings (SSSR count). The largest absolute Gasteiger partial charge is 0.345 e. The van der Waals surface area contributed by atoms with Crippen molar-refractivity contribution in [3.63, 3.8) is 0 Å². The first-order valence-corrected chi connectivity index (χ1v) is 11.6. The minimum Gasteiger partial charge on any atom is -0.345 e. The van der Waals surface area contributed by atoms with Gasteiger partial charge in [-0.3, -0.25) is 33.9 Å². The maximum atomic E-state index is 12.6. The Morgan fingerprint density at radius 2 is 1.71 bits per heavy atom. The first kappa shape index (κ1) is 26.7. The molecule has 0 aromatic carbocycles. The number of amides is 5. The van der Waals surface area contributed by atoms with Gasteiger partial charge in [0.1, 0.15) is 6.04 Å². The molecule has 1 aromatic heterocycles. The van der Waals surface area contributed by atoms with Gasteiger partial charge in [0.2, 0.25) is 17.7 Å². The SMILES string of the molecule is CCc1ccc(NC(=O)CNC(=O)C(NC(=O)CCCCCN2C(=O)C=CC2=O)C(C)C)cn1. The number of carbonyl (C=O) groups is 5. The molecule has 0 saturated carbocycles. The number of aromatic nitrogens is 1. The number of anilines is 1. The summed E-state index contributed by atoms with van der Waals surface area (Å²) in [5.41, 5.74) is 1.45. The van der Waals surface area contributed by atoms with Crippen molar-refractivity contribution in [2.24, 2.45) is 5.92 Å². The van der Waals surface area contributed by atoms with Gasteiger partial charge < -0.3 is 16.0 Å². The average Bonchev–Trinajstić information content (AvgIpc) is 3.13. The summed E-state index contributed by atoms with van der Waals surface area (Å²) in [5.74, 6) is -1.88. The third-order valence-electron chi connectivity index (χ3n) is 5.35. The fourth-order valence-electron chi connectivity index (χ4n) is 3.35. The Morgan fingerprint density at radius 1 is 1.00 bits per heavy atom. The predicted octanol–water partition coefficient (Wildman–Crippen LogP) is 1.32. The lowest BCUT2D eigenvalue weighted by atomic mass is 10.0. The van der Waals surface area contributed by atoms with E-state index in [1.807, 2.05) is 26.8 Å². The number of unbranched alkanes of at least 4 members (excludes halogenated alkanes) is 2. The van der Waals surface area contributed by atoms with Crippen LogP contribution in [0.15, 0.2) is 30.5 Å². The lowest BCUT2D eigenvalue weighted by Crippen LogP contribution is -2.51. The molecule has 10 heteroatoms. The maximum absolute atomic E-state index is 12.6. The second kappa shape index (κ2) is 13.2. The molecule has 0 bridgehead atoms. The number of aryl methyl sites for hydroxylation is 1. The van der Waals surface area contributed by atoms with Gasteiger partial charge in [0.05, 0.1) is 18.4 Å². The zero-order valence-electron chi connectivity index (χ0n) is 19.9. The number of rotatable bonds is 13. The van der Waals surface area contributed by atoms with Crippen molar-refractivity contribution in [2.75, 3.05) is 18.4 Å². The molecule has 0 spiro atoms. The van der Waals surface area contributed by atoms with Crippen LogP contribution in [0, 0.1) is 5.92 Å². The molecule has 34 heavy (non-hydrogen) atoms. The highest BCUT2D eigenvalue weighted by molar-refractivity contribution is 6.12. The van der Waals surface area contributed by atoms with E-state index in [0.29, 0.717) is 31.5 Å². The van der Waals surface area contributed by atoms with E-state index in [1.165, 1.54) is 17.1 Å². The summed E-state index contributed by atoms with van der Waals surface area (Å²) in [7, 11) is 0. The molecule has 0 saturated heterocycles. The number of hydrogen-bond donors (Lipinski definition) is 3. The third kappa shape index (κ3) is 8.42. The van der Waals surface area contributed by atoms with Gasteiger partial charge in [-0.25, -0.2) is 0 Å². The fourth-order valence-corrected chi connectivity index (χ4v) is 3.35. The lowest BCUT2D eigenvalue weighted by molar-refractivity contribution is -0.137. The van der Waals surface area contributed by atoms with Crippen molar-refractivity contribution in [1.29, 1.82) is 0 Å². The summed E-state index contributed by atoms with van der Waals surface area (Å²) in [4.78, 5) is 65.4. The molecule has 0 aliphatic carbocycles. The standard InChI is InChI=1S/C24H33N5O5/c1-4-17-9-10-18(14-25-17)27-20(31)15-26-24(34)23(16(2)3)28-19(30)8-6-5-7-13-29-21(32)11-12-22(29)33/h9-12,14,16,23H,4-8,13,15H2,1-3H3,(H,26,34)(H,27,31)(H,28,30). The van der Waals surface area contributed by atoms with Gasteiger partial charge in [0.15, 0.2) is 0 Å². The van der Waals surface area contributed by atoms with Gasteiger partial charge in [-0.05, 0) is 37.3 Å². The summed E-state index contributed by atoms with van der Waals surface area (Å²) >= 11 is 0. The van der Waals surface area contributed by atoms with Gasteiger partial charge in [0.25, 0.3) is 11.8 Å². The normalized spacial score (nSPS) is 13.8. The second-order valence-electron chi connectivity index (χ2n) is 8.42. The number of nitrogens with zero attached hydrogens (tertiary/aromatic N) is 2. The summed E-state index contributed by atoms with van der Waals surface area (Å²) in [6.45, 7) is 5.70. The highest BCUT2D eigenvalue weighted by Gasteiger charge is 2.25. The number of hydrogen-bond acceptors (Lipinski definition) is 6. The van der Waals surface area contributed by atoms with Crippen molar-refractivity contribution in [2.45, 2.75) is 58.9 Å². The van der Waals surface area contributed by atoms with Crippen LogP contribution >= 0.6 is 0 Å². The van der Waals surface area contributed by atoms with E-state index in [1.54, 1.807) is 12.3 Å². The fraction of sp³-hybridized carbons (Fsp3) is 0.500. The smallest absolute Gasteiger partial charge is 0.253 e. The van der Waals surface area contributed by atoms with Crippen molar-refractivity contribution >= 4 is 35.2 Å². The molecule has 1 atom stereocenters. The van der Waals surface area contributed by atoms with Crippen molar-refractivity contribution in [1.82, 2.24) is 20.5 Å². The lowest BCUT2D eigenvalue weighted by Gasteiger charge is -2.21. The van der Waals surface area contributed by atoms with E-state index in [2.05, 4.69) is 20.9 Å². The van der Waals surface area contributed by atoms with Crippen LogP contribution in [0.2, 0.25) is 0 Å². The van der Waals surface area contributed by atoms with Crippen LogP contribution in [0.3, 0.4) is 0 Å². The summed E-state index contributed by atoms with van der Waals surface area (Å²) in [6, 6.07) is 2.80. The van der Waals surface area contributed by atoms with Gasteiger partial charge in [-0.15, -0.1) is 0 Å². The first-order chi connectivity index (χ1) is 16.2. The molecule has 0 fully saturated rings. The highest BCUT2D eigenvalue weighted by Crippen LogP contribution is 2.09. The number of carbonyl (C=O) groups excluding carboxylic acids is 5. The Kier molecular flexibility index (Phi) is 10.4. The van der Waals surface area contributed by atoms with Crippen LogP contribution in [0.5, 0.6) is 0 Å². The van der Waals surface area contributed by atoms with E-state index < -0.39 is 17.9 Å². The predicted molar refractivity (Wildman–Crippen MR) is 126 cm³/mol. The Bertz CT molecular complexity index is 908. The van der Waals surface area contributed by atoms with E-state index in [-0.39, 0.29) is 36.6 Å². The van der Waals surface area contributed by atoms with Crippen LogP contribution in [-0.2, 0) is 30.4 Å². The molecule has 5 amide bonds. The molecule has 3 N–H and O–H groups in total. The molecular weight excluding hydrogens is 438 g/mol. The second-order valence-corrected chi connectivity index (χ2v) is 8.42. The van der Waals surface area contributed by atoms with Crippen LogP contribution in [0.4, 0.5) is 5.69 Å². The Balaban J connectivity index is 1.69. The Hall–Kier alpha value is -3.56. The maximum Gasteiger partial charge on any atom is 0.253 e. The molecule has 1 aliphatic heterocycles. The zero-order valence-corrected chi connectivity index (χ0v) is 19.9. The molecule has 0 radical (unpaired) electrons. The molecule has 1 aromatic rings. The summed E-state index contributed by atoms with van der Waals surface area (Å²) < 4.78 is 0.